The lowest BCUT2D eigenvalue weighted by Crippen LogP contribution is -2.33. The van der Waals surface area contributed by atoms with Crippen LogP contribution in [-0.2, 0) is 9.59 Å². The van der Waals surface area contributed by atoms with E-state index >= 15 is 0 Å². The SMILES string of the molecule is C=CC(=O)[C@H]1C(=O)CCC[C@@H]1CC. The highest BCUT2D eigenvalue weighted by Crippen LogP contribution is 2.30. The Morgan fingerprint density at radius 3 is 2.92 bits per heavy atom. The normalized spacial score (nSPS) is 28.5. The molecule has 13 heavy (non-hydrogen) atoms. The van der Waals surface area contributed by atoms with Crippen LogP contribution in [0.4, 0.5) is 0 Å². The van der Waals surface area contributed by atoms with E-state index in [4.69, 9.17) is 0 Å². The van der Waals surface area contributed by atoms with Crippen LogP contribution >= 0.6 is 0 Å². The Labute approximate surface area is 79.0 Å². The van der Waals surface area contributed by atoms with Gasteiger partial charge in [-0.15, -0.1) is 0 Å². The van der Waals surface area contributed by atoms with E-state index < -0.39 is 0 Å². The Hall–Kier alpha value is -0.920. The smallest absolute Gasteiger partial charge is 0.165 e. The average Bonchev–Trinajstić information content (AvgIpc) is 2.16. The van der Waals surface area contributed by atoms with E-state index in [0.717, 1.165) is 19.3 Å². The van der Waals surface area contributed by atoms with Crippen molar-refractivity contribution in [3.05, 3.63) is 12.7 Å². The molecule has 1 saturated carbocycles. The van der Waals surface area contributed by atoms with E-state index in [0.29, 0.717) is 6.42 Å². The molecular weight excluding hydrogens is 164 g/mol. The zero-order valence-corrected chi connectivity index (χ0v) is 8.08. The third-order valence-electron chi connectivity index (χ3n) is 2.85. The molecule has 0 saturated heterocycles. The van der Waals surface area contributed by atoms with Gasteiger partial charge in [0.25, 0.3) is 0 Å². The summed E-state index contributed by atoms with van der Waals surface area (Å²) in [6, 6.07) is 0. The summed E-state index contributed by atoms with van der Waals surface area (Å²) < 4.78 is 0. The topological polar surface area (TPSA) is 34.1 Å². The Kier molecular flexibility index (Phi) is 3.40. The van der Waals surface area contributed by atoms with Gasteiger partial charge >= 0.3 is 0 Å². The molecule has 2 atom stereocenters. The van der Waals surface area contributed by atoms with Crippen LogP contribution in [0.3, 0.4) is 0 Å². The van der Waals surface area contributed by atoms with E-state index in [1.165, 1.54) is 6.08 Å². The molecule has 2 nitrogen and oxygen atoms in total. The summed E-state index contributed by atoms with van der Waals surface area (Å²) in [5.41, 5.74) is 0. The third kappa shape index (κ3) is 2.06. The van der Waals surface area contributed by atoms with Crippen LogP contribution in [0.2, 0.25) is 0 Å². The van der Waals surface area contributed by atoms with Crippen LogP contribution in [0, 0.1) is 11.8 Å². The lowest BCUT2D eigenvalue weighted by molar-refractivity contribution is -0.134. The number of allylic oxidation sites excluding steroid dienone is 1. The van der Waals surface area contributed by atoms with Gasteiger partial charge in [-0.25, -0.2) is 0 Å². The van der Waals surface area contributed by atoms with Crippen molar-refractivity contribution in [2.45, 2.75) is 32.6 Å². The summed E-state index contributed by atoms with van der Waals surface area (Å²) in [6.07, 6.45) is 4.72. The van der Waals surface area contributed by atoms with Gasteiger partial charge in [-0.2, -0.15) is 0 Å². The Balaban J connectivity index is 2.78. The van der Waals surface area contributed by atoms with Gasteiger partial charge in [0.1, 0.15) is 5.78 Å². The lowest BCUT2D eigenvalue weighted by atomic mass is 9.75. The lowest BCUT2D eigenvalue weighted by Gasteiger charge is -2.27. The second kappa shape index (κ2) is 4.35. The number of hydrogen-bond acceptors (Lipinski definition) is 2. The first-order chi connectivity index (χ1) is 6.20. The fraction of sp³-hybridized carbons (Fsp3) is 0.636. The second-order valence-electron chi connectivity index (χ2n) is 3.61. The summed E-state index contributed by atoms with van der Waals surface area (Å²) in [7, 11) is 0. The minimum atomic E-state index is -0.378. The molecule has 0 aromatic carbocycles. The predicted molar refractivity (Wildman–Crippen MR) is 51.3 cm³/mol. The van der Waals surface area contributed by atoms with E-state index in [2.05, 4.69) is 6.58 Å². The molecule has 72 valence electrons. The van der Waals surface area contributed by atoms with E-state index in [1.54, 1.807) is 0 Å². The monoisotopic (exact) mass is 180 g/mol. The van der Waals surface area contributed by atoms with Crippen LogP contribution in [0.5, 0.6) is 0 Å². The molecule has 0 aliphatic heterocycles. The van der Waals surface area contributed by atoms with Gasteiger partial charge in [-0.1, -0.05) is 19.9 Å². The zero-order valence-electron chi connectivity index (χ0n) is 8.08. The zero-order chi connectivity index (χ0) is 9.84. The minimum Gasteiger partial charge on any atom is -0.299 e. The van der Waals surface area contributed by atoms with Gasteiger partial charge in [0.15, 0.2) is 5.78 Å². The Bertz CT molecular complexity index is 230. The number of rotatable bonds is 3. The highest BCUT2D eigenvalue weighted by atomic mass is 16.1. The number of Topliss-reactive ketones (excluding diaryl/α,β-unsaturated/α-hetero) is 1. The summed E-state index contributed by atoms with van der Waals surface area (Å²) in [4.78, 5) is 22.9. The molecule has 0 amide bonds. The minimum absolute atomic E-state index is 0.0865. The summed E-state index contributed by atoms with van der Waals surface area (Å²) >= 11 is 0. The maximum absolute atomic E-state index is 11.5. The quantitative estimate of drug-likeness (QED) is 0.492. The summed E-state index contributed by atoms with van der Waals surface area (Å²) in [6.45, 7) is 5.47. The molecule has 2 heteroatoms. The van der Waals surface area contributed by atoms with Crippen LogP contribution in [0.1, 0.15) is 32.6 Å². The van der Waals surface area contributed by atoms with Crippen molar-refractivity contribution in [2.75, 3.05) is 0 Å². The molecule has 0 aromatic heterocycles. The summed E-state index contributed by atoms with van der Waals surface area (Å²) in [5, 5.41) is 0. The van der Waals surface area contributed by atoms with E-state index in [-0.39, 0.29) is 23.4 Å². The maximum Gasteiger partial charge on any atom is 0.165 e. The Morgan fingerprint density at radius 1 is 1.69 bits per heavy atom. The fourth-order valence-corrected chi connectivity index (χ4v) is 2.08. The van der Waals surface area contributed by atoms with Crippen LogP contribution in [0.15, 0.2) is 12.7 Å². The van der Waals surface area contributed by atoms with Gasteiger partial charge in [0, 0.05) is 6.42 Å². The van der Waals surface area contributed by atoms with Gasteiger partial charge < -0.3 is 0 Å². The molecule has 1 fully saturated rings. The molecular formula is C11H16O2. The van der Waals surface area contributed by atoms with Gasteiger partial charge in [-0.3, -0.25) is 9.59 Å². The van der Waals surface area contributed by atoms with Crippen molar-refractivity contribution in [3.8, 4) is 0 Å². The highest BCUT2D eigenvalue weighted by molar-refractivity contribution is 6.07. The molecule has 1 aliphatic carbocycles. The van der Waals surface area contributed by atoms with Crippen LogP contribution < -0.4 is 0 Å². The largest absolute Gasteiger partial charge is 0.299 e. The molecule has 1 aliphatic rings. The number of carbonyl (C=O) groups is 2. The molecule has 0 bridgehead atoms. The van der Waals surface area contributed by atoms with E-state index in [1.807, 2.05) is 6.92 Å². The first kappa shape index (κ1) is 10.2. The van der Waals surface area contributed by atoms with Crippen molar-refractivity contribution in [3.63, 3.8) is 0 Å². The first-order valence-electron chi connectivity index (χ1n) is 4.89. The predicted octanol–water partition coefficient (Wildman–Crippen LogP) is 2.14. The number of hydrogen-bond donors (Lipinski definition) is 0. The van der Waals surface area contributed by atoms with Crippen molar-refractivity contribution >= 4 is 11.6 Å². The molecule has 0 spiro atoms. The maximum atomic E-state index is 11.5. The first-order valence-corrected chi connectivity index (χ1v) is 4.89. The number of ketones is 2. The standard InChI is InChI=1S/C11H16O2/c1-3-8-6-5-7-10(13)11(8)9(12)4-2/h4,8,11H,2-3,5-7H2,1H3/t8-,11-/m0/s1. The average molecular weight is 180 g/mol. The molecule has 0 radical (unpaired) electrons. The molecule has 0 N–H and O–H groups in total. The third-order valence-corrected chi connectivity index (χ3v) is 2.85. The van der Waals surface area contributed by atoms with Crippen molar-refractivity contribution in [1.82, 2.24) is 0 Å². The molecule has 0 aromatic rings. The fourth-order valence-electron chi connectivity index (χ4n) is 2.08. The highest BCUT2D eigenvalue weighted by Gasteiger charge is 2.34. The van der Waals surface area contributed by atoms with Crippen molar-refractivity contribution in [2.24, 2.45) is 11.8 Å². The van der Waals surface area contributed by atoms with Gasteiger partial charge in [0.2, 0.25) is 0 Å². The van der Waals surface area contributed by atoms with E-state index in [9.17, 15) is 9.59 Å². The van der Waals surface area contributed by atoms with Crippen LogP contribution in [0.25, 0.3) is 0 Å². The molecule has 0 heterocycles. The van der Waals surface area contributed by atoms with Crippen molar-refractivity contribution in [1.29, 1.82) is 0 Å². The molecule has 0 unspecified atom stereocenters. The van der Waals surface area contributed by atoms with Gasteiger partial charge in [0.05, 0.1) is 5.92 Å². The molecule has 1 rings (SSSR count). The van der Waals surface area contributed by atoms with Gasteiger partial charge in [-0.05, 0) is 24.8 Å². The van der Waals surface area contributed by atoms with Crippen LogP contribution in [-0.4, -0.2) is 11.6 Å². The van der Waals surface area contributed by atoms with Crippen molar-refractivity contribution < 1.29 is 9.59 Å². The Morgan fingerprint density at radius 2 is 2.38 bits per heavy atom. The second-order valence-corrected chi connectivity index (χ2v) is 3.61. The summed E-state index contributed by atoms with van der Waals surface area (Å²) in [5.74, 6) is -0.0949. The number of carbonyl (C=O) groups excluding carboxylic acids is 2.